The smallest absolute Gasteiger partial charge is 0.126 e. The highest BCUT2D eigenvalue weighted by atomic mass is 16.5. The summed E-state index contributed by atoms with van der Waals surface area (Å²) in [4.78, 5) is 2.13. The minimum absolute atomic E-state index is 0.928. The summed E-state index contributed by atoms with van der Waals surface area (Å²) in [6.45, 7) is 0. The molecule has 5 aromatic rings. The van der Waals surface area contributed by atoms with Crippen LogP contribution in [0.15, 0.2) is 72.8 Å². The average molecular weight is 351 g/mol. The Balaban J connectivity index is 1.84. The SMILES string of the molecule is COc1ccc2ccc3c(-c4ccc(N(C)C)cc4)ccc4ccc1c2c43. The minimum Gasteiger partial charge on any atom is -0.496 e. The van der Waals surface area contributed by atoms with Gasteiger partial charge in [0.15, 0.2) is 0 Å². The van der Waals surface area contributed by atoms with E-state index >= 15 is 0 Å². The predicted octanol–water partition coefficient (Wildman–Crippen LogP) is 6.33. The molecule has 0 aliphatic carbocycles. The maximum absolute atomic E-state index is 5.62. The van der Waals surface area contributed by atoms with Crippen LogP contribution in [-0.4, -0.2) is 21.2 Å². The zero-order valence-electron chi connectivity index (χ0n) is 15.8. The van der Waals surface area contributed by atoms with E-state index in [0.29, 0.717) is 0 Å². The molecule has 0 saturated heterocycles. The second kappa shape index (κ2) is 5.88. The van der Waals surface area contributed by atoms with E-state index < -0.39 is 0 Å². The zero-order chi connectivity index (χ0) is 18.5. The van der Waals surface area contributed by atoms with E-state index in [1.54, 1.807) is 7.11 Å². The van der Waals surface area contributed by atoms with Gasteiger partial charge < -0.3 is 9.64 Å². The number of rotatable bonds is 3. The van der Waals surface area contributed by atoms with E-state index in [0.717, 1.165) is 5.75 Å². The molecule has 0 atom stereocenters. The maximum Gasteiger partial charge on any atom is 0.126 e. The molecule has 2 heteroatoms. The molecule has 0 bridgehead atoms. The second-order valence-electron chi connectivity index (χ2n) is 7.24. The summed E-state index contributed by atoms with van der Waals surface area (Å²) in [6, 6.07) is 26.3. The monoisotopic (exact) mass is 351 g/mol. The Morgan fingerprint density at radius 1 is 0.630 bits per heavy atom. The first-order valence-corrected chi connectivity index (χ1v) is 9.19. The number of hydrogen-bond acceptors (Lipinski definition) is 2. The second-order valence-corrected chi connectivity index (χ2v) is 7.24. The molecule has 0 unspecified atom stereocenters. The Morgan fingerprint density at radius 2 is 1.22 bits per heavy atom. The Labute approximate surface area is 158 Å². The number of ether oxygens (including phenoxy) is 1. The summed E-state index contributed by atoms with van der Waals surface area (Å²) in [6.07, 6.45) is 0. The highest BCUT2D eigenvalue weighted by Crippen LogP contribution is 2.41. The number of methoxy groups -OCH3 is 1. The van der Waals surface area contributed by atoms with Crippen molar-refractivity contribution in [2.24, 2.45) is 0 Å². The zero-order valence-corrected chi connectivity index (χ0v) is 15.8. The predicted molar refractivity (Wildman–Crippen MR) is 116 cm³/mol. The maximum atomic E-state index is 5.62. The molecule has 0 aliphatic heterocycles. The molecule has 0 fully saturated rings. The Bertz CT molecular complexity index is 1270. The van der Waals surface area contributed by atoms with Crippen LogP contribution < -0.4 is 9.64 Å². The quantitative estimate of drug-likeness (QED) is 0.352. The molecule has 0 heterocycles. The highest BCUT2D eigenvalue weighted by molar-refractivity contribution is 6.26. The number of benzene rings is 5. The molecule has 0 aromatic heterocycles. The molecule has 0 spiro atoms. The fourth-order valence-electron chi connectivity index (χ4n) is 4.14. The molecule has 2 nitrogen and oxygen atoms in total. The van der Waals surface area contributed by atoms with E-state index in [-0.39, 0.29) is 0 Å². The van der Waals surface area contributed by atoms with Crippen molar-refractivity contribution in [3.63, 3.8) is 0 Å². The van der Waals surface area contributed by atoms with Gasteiger partial charge in [-0.2, -0.15) is 0 Å². The Kier molecular flexibility index (Phi) is 3.48. The summed E-state index contributed by atoms with van der Waals surface area (Å²) >= 11 is 0. The van der Waals surface area contributed by atoms with E-state index in [2.05, 4.69) is 91.8 Å². The molecule has 27 heavy (non-hydrogen) atoms. The van der Waals surface area contributed by atoms with Crippen LogP contribution in [0.2, 0.25) is 0 Å². The Morgan fingerprint density at radius 3 is 1.89 bits per heavy atom. The van der Waals surface area contributed by atoms with Crippen molar-refractivity contribution in [3.8, 4) is 16.9 Å². The molecule has 5 aromatic carbocycles. The van der Waals surface area contributed by atoms with Crippen LogP contribution in [-0.2, 0) is 0 Å². The van der Waals surface area contributed by atoms with Crippen molar-refractivity contribution >= 4 is 38.0 Å². The van der Waals surface area contributed by atoms with Gasteiger partial charge in [-0.3, -0.25) is 0 Å². The molecule has 0 N–H and O–H groups in total. The van der Waals surface area contributed by atoms with Gasteiger partial charge in [-0.25, -0.2) is 0 Å². The van der Waals surface area contributed by atoms with E-state index in [1.807, 2.05) is 0 Å². The molecule has 0 amide bonds. The lowest BCUT2D eigenvalue weighted by Gasteiger charge is -2.16. The molecular weight excluding hydrogens is 330 g/mol. The first-order chi connectivity index (χ1) is 13.2. The lowest BCUT2D eigenvalue weighted by Crippen LogP contribution is -2.07. The summed E-state index contributed by atoms with van der Waals surface area (Å²) < 4.78 is 5.62. The van der Waals surface area contributed by atoms with Gasteiger partial charge in [0, 0.05) is 30.6 Å². The van der Waals surface area contributed by atoms with Gasteiger partial charge in [-0.05, 0) is 56.9 Å². The topological polar surface area (TPSA) is 12.5 Å². The standard InChI is InChI=1S/C25H21NO/c1-26(2)19-10-4-16(5-11-19)20-12-6-17-8-14-22-23(27-3)15-9-18-7-13-21(20)24(17)25(18)22/h4-15H,1-3H3. The minimum atomic E-state index is 0.928. The van der Waals surface area contributed by atoms with Crippen molar-refractivity contribution < 1.29 is 4.74 Å². The summed E-state index contributed by atoms with van der Waals surface area (Å²) in [7, 11) is 5.88. The number of nitrogens with zero attached hydrogens (tertiary/aromatic N) is 1. The van der Waals surface area contributed by atoms with E-state index in [4.69, 9.17) is 4.74 Å². The van der Waals surface area contributed by atoms with Crippen LogP contribution >= 0.6 is 0 Å². The van der Waals surface area contributed by atoms with Crippen molar-refractivity contribution in [2.45, 2.75) is 0 Å². The van der Waals surface area contributed by atoms with Crippen molar-refractivity contribution in [2.75, 3.05) is 26.1 Å². The van der Waals surface area contributed by atoms with Crippen LogP contribution in [0, 0.1) is 0 Å². The highest BCUT2D eigenvalue weighted by Gasteiger charge is 2.14. The Hall–Kier alpha value is -3.26. The van der Waals surface area contributed by atoms with Gasteiger partial charge in [-0.1, -0.05) is 48.5 Å². The molecular formula is C25H21NO. The molecule has 0 aliphatic rings. The lowest BCUT2D eigenvalue weighted by atomic mass is 9.89. The molecule has 0 radical (unpaired) electrons. The van der Waals surface area contributed by atoms with Crippen LogP contribution in [0.3, 0.4) is 0 Å². The van der Waals surface area contributed by atoms with Crippen LogP contribution in [0.1, 0.15) is 0 Å². The first-order valence-electron chi connectivity index (χ1n) is 9.19. The number of hydrogen-bond donors (Lipinski definition) is 0. The van der Waals surface area contributed by atoms with Crippen LogP contribution in [0.25, 0.3) is 43.4 Å². The summed E-state index contributed by atoms with van der Waals surface area (Å²) in [5.41, 5.74) is 3.72. The van der Waals surface area contributed by atoms with E-state index in [1.165, 1.54) is 49.1 Å². The largest absolute Gasteiger partial charge is 0.496 e. The molecule has 0 saturated carbocycles. The lowest BCUT2D eigenvalue weighted by molar-refractivity contribution is 0.420. The molecule has 5 rings (SSSR count). The van der Waals surface area contributed by atoms with Crippen LogP contribution in [0.4, 0.5) is 5.69 Å². The third-order valence-electron chi connectivity index (χ3n) is 5.54. The van der Waals surface area contributed by atoms with Gasteiger partial charge in [0.05, 0.1) is 7.11 Å². The first kappa shape index (κ1) is 16.0. The molecule has 132 valence electrons. The van der Waals surface area contributed by atoms with Crippen molar-refractivity contribution in [3.05, 3.63) is 72.8 Å². The number of anilines is 1. The summed E-state index contributed by atoms with van der Waals surface area (Å²) in [5, 5.41) is 7.59. The van der Waals surface area contributed by atoms with Gasteiger partial charge in [0.1, 0.15) is 5.75 Å². The average Bonchev–Trinajstić information content (AvgIpc) is 2.71. The normalized spacial score (nSPS) is 11.5. The van der Waals surface area contributed by atoms with Crippen molar-refractivity contribution in [1.82, 2.24) is 0 Å². The van der Waals surface area contributed by atoms with Gasteiger partial charge >= 0.3 is 0 Å². The fourth-order valence-corrected chi connectivity index (χ4v) is 4.14. The van der Waals surface area contributed by atoms with Gasteiger partial charge in [0.25, 0.3) is 0 Å². The van der Waals surface area contributed by atoms with Gasteiger partial charge in [-0.15, -0.1) is 0 Å². The van der Waals surface area contributed by atoms with Gasteiger partial charge in [0.2, 0.25) is 0 Å². The summed E-state index contributed by atoms with van der Waals surface area (Å²) in [5.74, 6) is 0.928. The van der Waals surface area contributed by atoms with Crippen molar-refractivity contribution in [1.29, 1.82) is 0 Å². The third-order valence-corrected chi connectivity index (χ3v) is 5.54. The fraction of sp³-hybridized carbons (Fsp3) is 0.120. The third kappa shape index (κ3) is 2.33. The van der Waals surface area contributed by atoms with Crippen LogP contribution in [0.5, 0.6) is 5.75 Å². The van der Waals surface area contributed by atoms with E-state index in [9.17, 15) is 0 Å².